The Bertz CT molecular complexity index is 2490. The number of fused-ring (bicyclic) bond motifs is 1. The lowest BCUT2D eigenvalue weighted by atomic mass is 9.97. The average molecular weight is 979 g/mol. The standard InChI is InChI=1S/C44H50O25/c1-60-22-9-16(10-23(61-2)29(22)50)3-8-27(49)62-15-26-32(53)35(56)37(58)42(67-26)63-19-11-20(48)28-21(12-19)64-39(17-4-6-18(47)7-5-17)40(33(28)54)68-44-41(36(57)31(52)25(14-46)66-44)69-43-38(59)34(55)30(51)24(13-45)65-43/h3-12,24-26,30-32,34-38,41-48,50-53,55-59H,13-15H2,1-2H3. The third kappa shape index (κ3) is 10.5. The van der Waals surface area contributed by atoms with Crippen LogP contribution in [0.25, 0.3) is 28.4 Å². The fraction of sp³-hybridized carbons (Fsp3) is 0.455. The second-order valence-corrected chi connectivity index (χ2v) is 15.9. The van der Waals surface area contributed by atoms with Gasteiger partial charge in [0.2, 0.25) is 29.5 Å². The Morgan fingerprint density at radius 1 is 0.667 bits per heavy atom. The number of rotatable bonds is 15. The van der Waals surface area contributed by atoms with Crippen LogP contribution in [0.1, 0.15) is 5.56 Å². The third-order valence-electron chi connectivity index (χ3n) is 11.5. The van der Waals surface area contributed by atoms with Crippen molar-refractivity contribution in [2.24, 2.45) is 0 Å². The Morgan fingerprint density at radius 2 is 1.23 bits per heavy atom. The van der Waals surface area contributed by atoms with Crippen molar-refractivity contribution in [1.82, 2.24) is 0 Å². The molecule has 3 aromatic carbocycles. The first-order valence-corrected chi connectivity index (χ1v) is 20.9. The fourth-order valence-electron chi connectivity index (χ4n) is 7.65. The summed E-state index contributed by atoms with van der Waals surface area (Å²) in [5, 5.41) is 136. The first-order valence-electron chi connectivity index (χ1n) is 20.9. The SMILES string of the molecule is COc1cc(C=CC(=O)OCC2OC(Oc3cc(O)c4c(=O)c(OC5OC(CO)C(O)C(O)C5OC5OC(CO)C(O)C(O)C5O)c(-c5ccc(O)cc5)oc4c3)C(O)C(O)C2O)cc(OC)c1O. The van der Waals surface area contributed by atoms with E-state index in [0.29, 0.717) is 5.56 Å². The Hall–Kier alpha value is -5.88. The highest BCUT2D eigenvalue weighted by atomic mass is 16.8. The summed E-state index contributed by atoms with van der Waals surface area (Å²) >= 11 is 0. The van der Waals surface area contributed by atoms with E-state index in [-0.39, 0.29) is 34.3 Å². The number of benzene rings is 3. The van der Waals surface area contributed by atoms with Crippen LogP contribution in [0.3, 0.4) is 0 Å². The molecule has 1 aromatic heterocycles. The number of phenolic OH excluding ortho intramolecular Hbond substituents is 3. The first-order chi connectivity index (χ1) is 32.9. The number of esters is 1. The number of carbonyl (C=O) groups excluding carboxylic acids is 1. The summed E-state index contributed by atoms with van der Waals surface area (Å²) < 4.78 is 55.8. The zero-order chi connectivity index (χ0) is 50.0. The lowest BCUT2D eigenvalue weighted by molar-refractivity contribution is -0.358. The number of hydrogen-bond acceptors (Lipinski definition) is 25. The molecular formula is C44H50O25. The minimum atomic E-state index is -2.04. The summed E-state index contributed by atoms with van der Waals surface area (Å²) in [6.07, 6.45) is -25.4. The fourth-order valence-corrected chi connectivity index (χ4v) is 7.65. The summed E-state index contributed by atoms with van der Waals surface area (Å²) in [6, 6.07) is 9.76. The van der Waals surface area contributed by atoms with Gasteiger partial charge in [0.05, 0.1) is 27.4 Å². The Morgan fingerprint density at radius 3 is 1.84 bits per heavy atom. The highest BCUT2D eigenvalue weighted by molar-refractivity contribution is 5.89. The van der Waals surface area contributed by atoms with Gasteiger partial charge in [-0.15, -0.1) is 0 Å². The number of aromatic hydroxyl groups is 3. The molecule has 0 bridgehead atoms. The highest BCUT2D eigenvalue weighted by Gasteiger charge is 2.52. The molecule has 3 fully saturated rings. The molecule has 0 radical (unpaired) electrons. The molecule has 0 amide bonds. The van der Waals surface area contributed by atoms with Crippen LogP contribution in [0.2, 0.25) is 0 Å². The van der Waals surface area contributed by atoms with E-state index in [4.69, 9.17) is 47.0 Å². The van der Waals surface area contributed by atoms with Crippen molar-refractivity contribution in [1.29, 1.82) is 0 Å². The van der Waals surface area contributed by atoms with Crippen molar-refractivity contribution in [3.05, 3.63) is 70.4 Å². The number of ether oxygens (including phenoxy) is 9. The molecule has 376 valence electrons. The zero-order valence-corrected chi connectivity index (χ0v) is 36.3. The molecule has 0 aliphatic carbocycles. The monoisotopic (exact) mass is 978 g/mol. The van der Waals surface area contributed by atoms with Crippen LogP contribution in [-0.2, 0) is 28.5 Å². The van der Waals surface area contributed by atoms with Crippen LogP contribution in [-0.4, -0.2) is 199 Å². The van der Waals surface area contributed by atoms with Crippen LogP contribution in [0, 0.1) is 0 Å². The second kappa shape index (κ2) is 21.4. The van der Waals surface area contributed by atoms with Crippen molar-refractivity contribution < 1.29 is 118 Å². The van der Waals surface area contributed by atoms with E-state index in [1.54, 1.807) is 0 Å². The molecule has 25 heteroatoms. The minimum Gasteiger partial charge on any atom is -0.508 e. The van der Waals surface area contributed by atoms with Crippen LogP contribution >= 0.6 is 0 Å². The van der Waals surface area contributed by atoms with Crippen LogP contribution < -0.4 is 24.4 Å². The molecule has 4 heterocycles. The lowest BCUT2D eigenvalue weighted by Gasteiger charge is -2.45. The van der Waals surface area contributed by atoms with Crippen molar-refractivity contribution in [3.63, 3.8) is 0 Å². The highest BCUT2D eigenvalue weighted by Crippen LogP contribution is 2.40. The molecule has 25 nitrogen and oxygen atoms in total. The van der Waals surface area contributed by atoms with Crippen molar-refractivity contribution in [2.45, 2.75) is 92.1 Å². The maximum absolute atomic E-state index is 14.5. The molecule has 0 saturated carbocycles. The molecule has 3 aliphatic heterocycles. The molecule has 3 saturated heterocycles. The van der Waals surface area contributed by atoms with E-state index in [1.165, 1.54) is 56.7 Å². The van der Waals surface area contributed by atoms with Gasteiger partial charge < -0.3 is 113 Å². The largest absolute Gasteiger partial charge is 0.508 e. The maximum atomic E-state index is 14.5. The molecule has 15 atom stereocenters. The van der Waals surface area contributed by atoms with Gasteiger partial charge in [-0.2, -0.15) is 0 Å². The van der Waals surface area contributed by atoms with E-state index in [2.05, 4.69) is 0 Å². The predicted octanol–water partition coefficient (Wildman–Crippen LogP) is -2.96. The van der Waals surface area contributed by atoms with Gasteiger partial charge in [-0.05, 0) is 48.0 Å². The Labute approximate surface area is 388 Å². The van der Waals surface area contributed by atoms with Gasteiger partial charge in [-0.3, -0.25) is 4.79 Å². The van der Waals surface area contributed by atoms with Crippen LogP contribution in [0.15, 0.2) is 63.8 Å². The van der Waals surface area contributed by atoms with Crippen molar-refractivity contribution in [2.75, 3.05) is 34.0 Å². The quantitative estimate of drug-likeness (QED) is 0.0418. The average Bonchev–Trinajstić information content (AvgIpc) is 3.33. The van der Waals surface area contributed by atoms with Gasteiger partial charge in [0, 0.05) is 23.8 Å². The van der Waals surface area contributed by atoms with E-state index in [1.807, 2.05) is 0 Å². The Balaban J connectivity index is 1.16. The topological polar surface area (TPSA) is 393 Å². The van der Waals surface area contributed by atoms with E-state index >= 15 is 0 Å². The van der Waals surface area contributed by atoms with Crippen LogP contribution in [0.5, 0.6) is 40.2 Å². The maximum Gasteiger partial charge on any atom is 0.330 e. The smallest absolute Gasteiger partial charge is 0.330 e. The second-order valence-electron chi connectivity index (χ2n) is 15.9. The third-order valence-corrected chi connectivity index (χ3v) is 11.5. The molecule has 15 unspecified atom stereocenters. The van der Waals surface area contributed by atoms with Gasteiger partial charge in [0.1, 0.15) is 102 Å². The van der Waals surface area contributed by atoms with Gasteiger partial charge in [0.15, 0.2) is 29.7 Å². The molecule has 69 heavy (non-hydrogen) atoms. The van der Waals surface area contributed by atoms with E-state index < -0.39 is 152 Å². The number of carbonyl (C=O) groups is 1. The summed E-state index contributed by atoms with van der Waals surface area (Å²) in [5.41, 5.74) is -1.14. The minimum absolute atomic E-state index is 0.0343. The summed E-state index contributed by atoms with van der Waals surface area (Å²) in [6.45, 7) is -2.46. The van der Waals surface area contributed by atoms with Gasteiger partial charge in [-0.25, -0.2) is 4.79 Å². The summed E-state index contributed by atoms with van der Waals surface area (Å²) in [4.78, 5) is 27.1. The molecule has 4 aromatic rings. The summed E-state index contributed by atoms with van der Waals surface area (Å²) in [5.74, 6) is -3.70. The number of phenols is 3. The first kappa shape index (κ1) is 51.0. The molecule has 3 aliphatic rings. The van der Waals surface area contributed by atoms with Gasteiger partial charge in [0.25, 0.3) is 0 Å². The van der Waals surface area contributed by atoms with Gasteiger partial charge >= 0.3 is 5.97 Å². The van der Waals surface area contributed by atoms with Crippen molar-refractivity contribution in [3.8, 4) is 51.6 Å². The van der Waals surface area contributed by atoms with Gasteiger partial charge in [-0.1, -0.05) is 0 Å². The molecular weight excluding hydrogens is 928 g/mol. The number of hydrogen-bond donors (Lipinski definition) is 13. The Kier molecular flexibility index (Phi) is 15.8. The zero-order valence-electron chi connectivity index (χ0n) is 36.3. The predicted molar refractivity (Wildman–Crippen MR) is 227 cm³/mol. The molecule has 7 rings (SSSR count). The van der Waals surface area contributed by atoms with Crippen LogP contribution in [0.4, 0.5) is 0 Å². The van der Waals surface area contributed by atoms with E-state index in [0.717, 1.165) is 18.2 Å². The molecule has 13 N–H and O–H groups in total. The lowest BCUT2D eigenvalue weighted by Crippen LogP contribution is -2.65. The summed E-state index contributed by atoms with van der Waals surface area (Å²) in [7, 11) is 2.63. The van der Waals surface area contributed by atoms with E-state index in [9.17, 15) is 76.0 Å². The number of methoxy groups -OCH3 is 2. The van der Waals surface area contributed by atoms with Crippen molar-refractivity contribution >= 4 is 23.0 Å². The molecule has 0 spiro atoms. The number of aliphatic hydroxyl groups excluding tert-OH is 10. The normalized spacial score (nSPS) is 31.6. The number of aliphatic hydroxyl groups is 10.